The first-order chi connectivity index (χ1) is 17.1. The van der Waals surface area contributed by atoms with Crippen LogP contribution in [0.1, 0.15) is 55.3 Å². The Balaban J connectivity index is 1.58. The van der Waals surface area contributed by atoms with Gasteiger partial charge in [-0.2, -0.15) is 0 Å². The smallest absolute Gasteiger partial charge is 0.342 e. The van der Waals surface area contributed by atoms with E-state index >= 15 is 0 Å². The van der Waals surface area contributed by atoms with Gasteiger partial charge in [-0.15, -0.1) is 7.20 Å². The molecule has 2 fully saturated rings. The molecule has 0 heterocycles. The molecule has 2 aliphatic carbocycles. The summed E-state index contributed by atoms with van der Waals surface area (Å²) in [4.78, 5) is 29.4. The quantitative estimate of drug-likeness (QED) is 0.156. The molecular weight excluding hydrogens is 571 g/mol. The van der Waals surface area contributed by atoms with Gasteiger partial charge in [-0.1, -0.05) is 42.8 Å². The highest BCUT2D eigenvalue weighted by Crippen LogP contribution is 2.74. The molecule has 0 amide bonds. The molecule has 5 rings (SSSR count). The monoisotopic (exact) mass is 600 g/mol. The summed E-state index contributed by atoms with van der Waals surface area (Å²) in [5, 5.41) is 0. The third-order valence-corrected chi connectivity index (χ3v) is 14.2. The van der Waals surface area contributed by atoms with Gasteiger partial charge in [0, 0.05) is 14.7 Å². The summed E-state index contributed by atoms with van der Waals surface area (Å²) in [6.45, 7) is 0. The van der Waals surface area contributed by atoms with Crippen molar-refractivity contribution >= 4 is 40.3 Å². The number of carbonyl (C=O) groups is 2. The van der Waals surface area contributed by atoms with Crippen molar-refractivity contribution in [3.05, 3.63) is 84.4 Å². The Morgan fingerprint density at radius 2 is 1.34 bits per heavy atom. The number of ether oxygens (including phenoxy) is 2. The standard InChI is InChI=1S/C29H29IO4S/c30-35(23-14-3-1-4-15-23,24-16-5-2-6-17-24)25-18-19-27(34-28(31)21-10-9-11-21)26(20-25)29(32)33-22-12-7-8-13-22/h1-6,14-22H,7-13H2. The summed E-state index contributed by atoms with van der Waals surface area (Å²) < 4.78 is 11.7. The van der Waals surface area contributed by atoms with Crippen LogP contribution in [-0.4, -0.2) is 18.0 Å². The van der Waals surface area contributed by atoms with Crippen molar-refractivity contribution in [2.75, 3.05) is 0 Å². The van der Waals surface area contributed by atoms with E-state index in [1.54, 1.807) is 6.07 Å². The van der Waals surface area contributed by atoms with Crippen molar-refractivity contribution < 1.29 is 19.1 Å². The Morgan fingerprint density at radius 3 is 1.89 bits per heavy atom. The van der Waals surface area contributed by atoms with Gasteiger partial charge in [0.05, 0.1) is 5.92 Å². The van der Waals surface area contributed by atoms with Gasteiger partial charge < -0.3 is 9.47 Å². The van der Waals surface area contributed by atoms with E-state index in [9.17, 15) is 9.59 Å². The summed E-state index contributed by atoms with van der Waals surface area (Å²) in [5.74, 6) is -0.434. The number of rotatable bonds is 7. The maximum atomic E-state index is 13.4. The van der Waals surface area contributed by atoms with Gasteiger partial charge in [-0.3, -0.25) is 4.79 Å². The zero-order valence-electron chi connectivity index (χ0n) is 19.5. The first kappa shape index (κ1) is 24.4. The van der Waals surface area contributed by atoms with Gasteiger partial charge in [-0.05, 0) is 102 Å². The normalized spacial score (nSPS) is 16.9. The lowest BCUT2D eigenvalue weighted by Gasteiger charge is -2.35. The van der Waals surface area contributed by atoms with Crippen LogP contribution in [0, 0.1) is 5.92 Å². The lowest BCUT2D eigenvalue weighted by Crippen LogP contribution is -2.27. The maximum Gasteiger partial charge on any atom is 0.342 e. The molecule has 3 aromatic carbocycles. The highest BCUT2D eigenvalue weighted by molar-refractivity contribution is 14.2. The van der Waals surface area contributed by atoms with Crippen molar-refractivity contribution in [2.24, 2.45) is 5.92 Å². The first-order valence-corrected chi connectivity index (χ1v) is 16.4. The van der Waals surface area contributed by atoms with E-state index in [0.717, 1.165) is 49.8 Å². The molecule has 2 saturated carbocycles. The summed E-state index contributed by atoms with van der Waals surface area (Å²) in [7, 11) is -1.69. The summed E-state index contributed by atoms with van der Waals surface area (Å²) in [6.07, 6.45) is 6.60. The van der Waals surface area contributed by atoms with Crippen molar-refractivity contribution in [1.29, 1.82) is 0 Å². The average Bonchev–Trinajstić information content (AvgIpc) is 3.37. The van der Waals surface area contributed by atoms with Crippen molar-refractivity contribution in [3.8, 4) is 5.75 Å². The Morgan fingerprint density at radius 1 is 0.743 bits per heavy atom. The SMILES string of the molecule is O=C(OC1CCCC1)c1cc(S(I)(c2ccccc2)c2ccccc2)ccc1OC(=O)C1CCC1. The molecule has 0 aliphatic heterocycles. The Bertz CT molecular complexity index is 1150. The molecule has 0 unspecified atom stereocenters. The van der Waals surface area contributed by atoms with Crippen LogP contribution in [0.3, 0.4) is 0 Å². The second kappa shape index (κ2) is 10.7. The van der Waals surface area contributed by atoms with Crippen molar-refractivity contribution in [3.63, 3.8) is 0 Å². The molecule has 6 heteroatoms. The van der Waals surface area contributed by atoms with Gasteiger partial charge >= 0.3 is 11.9 Å². The molecule has 0 aromatic heterocycles. The highest BCUT2D eigenvalue weighted by Gasteiger charge is 2.33. The number of halogens is 1. The molecule has 0 bridgehead atoms. The Labute approximate surface area is 220 Å². The van der Waals surface area contributed by atoms with Crippen LogP contribution in [0.2, 0.25) is 0 Å². The van der Waals surface area contributed by atoms with E-state index in [2.05, 4.69) is 45.5 Å². The van der Waals surface area contributed by atoms with Crippen molar-refractivity contribution in [2.45, 2.75) is 65.7 Å². The number of carbonyl (C=O) groups excluding carboxylic acids is 2. The summed E-state index contributed by atoms with van der Waals surface area (Å²) in [6, 6.07) is 26.4. The fourth-order valence-electron chi connectivity index (χ4n) is 4.61. The van der Waals surface area contributed by atoms with Crippen molar-refractivity contribution in [1.82, 2.24) is 0 Å². The molecule has 35 heavy (non-hydrogen) atoms. The van der Waals surface area contributed by atoms with Gasteiger partial charge in [0.15, 0.2) is 0 Å². The van der Waals surface area contributed by atoms with E-state index in [-0.39, 0.29) is 18.0 Å². The molecule has 0 spiro atoms. The molecule has 4 nitrogen and oxygen atoms in total. The van der Waals surface area contributed by atoms with E-state index in [4.69, 9.17) is 9.47 Å². The summed E-state index contributed by atoms with van der Waals surface area (Å²) in [5.41, 5.74) is 0.336. The summed E-state index contributed by atoms with van der Waals surface area (Å²) >= 11 is 2.55. The maximum absolute atomic E-state index is 13.4. The van der Waals surface area contributed by atoms with E-state index in [1.807, 2.05) is 48.5 Å². The minimum atomic E-state index is -1.69. The number of esters is 2. The zero-order valence-corrected chi connectivity index (χ0v) is 22.5. The third-order valence-electron chi connectivity index (χ3n) is 6.86. The second-order valence-electron chi connectivity index (χ2n) is 9.18. The van der Waals surface area contributed by atoms with E-state index in [0.29, 0.717) is 11.3 Å². The highest BCUT2D eigenvalue weighted by atomic mass is 127. The van der Waals surface area contributed by atoms with Crippen LogP contribution >= 0.6 is 28.4 Å². The van der Waals surface area contributed by atoms with Gasteiger partial charge in [0.25, 0.3) is 0 Å². The number of hydrogen-bond acceptors (Lipinski definition) is 4. The lowest BCUT2D eigenvalue weighted by molar-refractivity contribution is -0.141. The van der Waals surface area contributed by atoms with E-state index in [1.165, 1.54) is 9.79 Å². The molecule has 2 aliphatic rings. The minimum Gasteiger partial charge on any atom is -0.459 e. The Hall–Kier alpha value is -2.32. The number of hydrogen-bond donors (Lipinski definition) is 0. The second-order valence-corrected chi connectivity index (χ2v) is 15.6. The van der Waals surface area contributed by atoms with Crippen LogP contribution in [0.15, 0.2) is 93.5 Å². The lowest BCUT2D eigenvalue weighted by atomic mass is 9.86. The first-order valence-electron chi connectivity index (χ1n) is 12.3. The van der Waals surface area contributed by atoms with E-state index < -0.39 is 13.2 Å². The molecule has 0 radical (unpaired) electrons. The predicted molar refractivity (Wildman–Crippen MR) is 146 cm³/mol. The molecule has 0 N–H and O–H groups in total. The molecule has 0 saturated heterocycles. The largest absolute Gasteiger partial charge is 0.459 e. The van der Waals surface area contributed by atoms with Crippen LogP contribution in [0.5, 0.6) is 5.75 Å². The van der Waals surface area contributed by atoms with Crippen LogP contribution in [0.4, 0.5) is 0 Å². The van der Waals surface area contributed by atoms with Gasteiger partial charge in [0.2, 0.25) is 0 Å². The number of benzene rings is 3. The fraction of sp³-hybridized carbons (Fsp3) is 0.310. The minimum absolute atomic E-state index is 0.0682. The zero-order chi connectivity index (χ0) is 24.3. The van der Waals surface area contributed by atoms with Crippen LogP contribution in [0.25, 0.3) is 0 Å². The molecule has 3 aromatic rings. The average molecular weight is 601 g/mol. The predicted octanol–water partition coefficient (Wildman–Crippen LogP) is 8.12. The third kappa shape index (κ3) is 5.14. The topological polar surface area (TPSA) is 52.6 Å². The molecule has 182 valence electrons. The Kier molecular flexibility index (Phi) is 7.48. The van der Waals surface area contributed by atoms with Gasteiger partial charge in [0.1, 0.15) is 17.4 Å². The van der Waals surface area contributed by atoms with Crippen LogP contribution < -0.4 is 4.74 Å². The molecular formula is C29H29IO4S. The van der Waals surface area contributed by atoms with Crippen LogP contribution in [-0.2, 0) is 9.53 Å². The molecule has 0 atom stereocenters. The fourth-order valence-corrected chi connectivity index (χ4v) is 9.61. The van der Waals surface area contributed by atoms with Gasteiger partial charge in [-0.25, -0.2) is 4.79 Å².